The molecule has 0 aliphatic rings. The molecule has 0 spiro atoms. The lowest BCUT2D eigenvalue weighted by Crippen LogP contribution is -2.29. The molecule has 150 valence electrons. The Balaban J connectivity index is 2.56. The Hall–Kier alpha value is -0.873. The number of nitrogens with one attached hydrogen (secondary N) is 1. The number of hydrogen-bond acceptors (Lipinski definition) is 5. The van der Waals surface area contributed by atoms with Gasteiger partial charge in [0.2, 0.25) is 29.8 Å². The summed E-state index contributed by atoms with van der Waals surface area (Å²) in [7, 11) is -5.88. The van der Waals surface area contributed by atoms with Gasteiger partial charge in [-0.2, -0.15) is 0 Å². The summed E-state index contributed by atoms with van der Waals surface area (Å²) in [6, 6.07) is 4.67. The molecule has 1 aromatic carbocycles. The SMILES string of the molecule is C[Si](C)(C)Oc1c(NS(=O)(=O)CCCBr)oc(-c2cc(Cl)ccc2Cl)c1O. The number of furan rings is 1. The van der Waals surface area contributed by atoms with E-state index in [1.165, 1.54) is 6.07 Å². The lowest BCUT2D eigenvalue weighted by Gasteiger charge is -2.19. The molecule has 0 fully saturated rings. The van der Waals surface area contributed by atoms with Gasteiger partial charge in [0.05, 0.1) is 10.8 Å². The molecule has 2 aromatic rings. The zero-order valence-corrected chi connectivity index (χ0v) is 19.9. The molecule has 2 N–H and O–H groups in total. The minimum absolute atomic E-state index is 0.0195. The van der Waals surface area contributed by atoms with Crippen LogP contribution >= 0.6 is 39.1 Å². The van der Waals surface area contributed by atoms with E-state index in [-0.39, 0.29) is 33.9 Å². The third-order valence-electron chi connectivity index (χ3n) is 3.22. The van der Waals surface area contributed by atoms with Gasteiger partial charge in [0, 0.05) is 15.9 Å². The van der Waals surface area contributed by atoms with Gasteiger partial charge in [-0.05, 0) is 44.3 Å². The smallest absolute Gasteiger partial charge is 0.252 e. The fraction of sp³-hybridized carbons (Fsp3) is 0.375. The van der Waals surface area contributed by atoms with Crippen LogP contribution in [0, 0.1) is 0 Å². The van der Waals surface area contributed by atoms with Crippen LogP contribution in [0.5, 0.6) is 11.5 Å². The largest absolute Gasteiger partial charge is 0.538 e. The van der Waals surface area contributed by atoms with E-state index >= 15 is 0 Å². The van der Waals surface area contributed by atoms with Crippen LogP contribution in [0.1, 0.15) is 6.42 Å². The van der Waals surface area contributed by atoms with Gasteiger partial charge in [-0.3, -0.25) is 0 Å². The molecule has 0 bridgehead atoms. The summed E-state index contributed by atoms with van der Waals surface area (Å²) >= 11 is 15.4. The number of hydrogen-bond donors (Lipinski definition) is 2. The number of aromatic hydroxyl groups is 1. The summed E-state index contributed by atoms with van der Waals surface area (Å²) < 4.78 is 38.4. The highest BCUT2D eigenvalue weighted by molar-refractivity contribution is 9.09. The van der Waals surface area contributed by atoms with E-state index in [1.54, 1.807) is 12.1 Å². The average molecular weight is 517 g/mol. The van der Waals surface area contributed by atoms with Crippen molar-refractivity contribution in [2.24, 2.45) is 0 Å². The first kappa shape index (κ1) is 22.4. The predicted octanol–water partition coefficient (Wildman–Crippen LogP) is 5.70. The van der Waals surface area contributed by atoms with E-state index < -0.39 is 18.3 Å². The average Bonchev–Trinajstić information content (AvgIpc) is 2.82. The number of benzene rings is 1. The van der Waals surface area contributed by atoms with Crippen LogP contribution in [-0.4, -0.2) is 32.9 Å². The van der Waals surface area contributed by atoms with Crippen LogP contribution in [0.3, 0.4) is 0 Å². The summed E-state index contributed by atoms with van der Waals surface area (Å²) in [6.07, 6.45) is 0.416. The van der Waals surface area contributed by atoms with Crippen LogP contribution in [-0.2, 0) is 10.0 Å². The van der Waals surface area contributed by atoms with Crippen molar-refractivity contribution in [3.63, 3.8) is 0 Å². The van der Waals surface area contributed by atoms with E-state index in [4.69, 9.17) is 32.0 Å². The molecular formula is C16H20BrCl2NO5SSi. The second kappa shape index (κ2) is 8.65. The van der Waals surface area contributed by atoms with Crippen molar-refractivity contribution >= 4 is 63.4 Å². The highest BCUT2D eigenvalue weighted by Crippen LogP contribution is 2.49. The normalized spacial score (nSPS) is 12.2. The van der Waals surface area contributed by atoms with E-state index in [0.717, 1.165) is 0 Å². The number of anilines is 1. The van der Waals surface area contributed by atoms with Gasteiger partial charge >= 0.3 is 0 Å². The maximum Gasteiger partial charge on any atom is 0.252 e. The standard InChI is InChI=1S/C16H20BrCl2NO5SSi/c1-27(2,3)25-15-13(21)14(11-9-10(18)5-6-12(11)19)24-16(15)20-26(22,23)8-4-7-17/h5-6,9,20-21H,4,7-8H2,1-3H3. The number of alkyl halides is 1. The second-order valence-electron chi connectivity index (χ2n) is 6.74. The summed E-state index contributed by atoms with van der Waals surface area (Å²) in [5, 5.41) is 11.9. The molecule has 1 aromatic heterocycles. The minimum atomic E-state index is -3.69. The first-order valence-corrected chi connectivity index (χ1v) is 14.9. The van der Waals surface area contributed by atoms with Crippen LogP contribution in [0.2, 0.25) is 29.7 Å². The Morgan fingerprint density at radius 2 is 1.96 bits per heavy atom. The second-order valence-corrected chi connectivity index (χ2v) is 14.6. The molecule has 2 rings (SSSR count). The molecule has 0 atom stereocenters. The Kier molecular flexibility index (Phi) is 7.18. The Morgan fingerprint density at radius 3 is 2.56 bits per heavy atom. The van der Waals surface area contributed by atoms with Gasteiger partial charge in [-0.15, -0.1) is 0 Å². The summed E-state index contributed by atoms with van der Waals surface area (Å²) in [5.74, 6) is -0.703. The summed E-state index contributed by atoms with van der Waals surface area (Å²) in [5.41, 5.74) is 0.327. The molecule has 0 saturated carbocycles. The van der Waals surface area contributed by atoms with Gasteiger partial charge in [-0.25, -0.2) is 13.1 Å². The zero-order valence-electron chi connectivity index (χ0n) is 15.0. The van der Waals surface area contributed by atoms with Crippen LogP contribution < -0.4 is 9.15 Å². The van der Waals surface area contributed by atoms with Gasteiger partial charge < -0.3 is 13.9 Å². The molecule has 1 heterocycles. The molecule has 0 saturated heterocycles. The molecule has 0 radical (unpaired) electrons. The molecule has 27 heavy (non-hydrogen) atoms. The molecule has 0 aliphatic heterocycles. The third kappa shape index (κ3) is 6.05. The lowest BCUT2D eigenvalue weighted by atomic mass is 10.1. The van der Waals surface area contributed by atoms with Crippen molar-refractivity contribution in [2.75, 3.05) is 15.8 Å². The van der Waals surface area contributed by atoms with E-state index in [9.17, 15) is 13.5 Å². The van der Waals surface area contributed by atoms with Gasteiger partial charge in [0.1, 0.15) is 0 Å². The van der Waals surface area contributed by atoms with Crippen LogP contribution in [0.15, 0.2) is 22.6 Å². The van der Waals surface area contributed by atoms with E-state index in [1.807, 2.05) is 19.6 Å². The zero-order chi connectivity index (χ0) is 20.4. The highest BCUT2D eigenvalue weighted by Gasteiger charge is 2.30. The van der Waals surface area contributed by atoms with E-state index in [2.05, 4.69) is 20.7 Å². The van der Waals surface area contributed by atoms with Crippen molar-refractivity contribution in [1.29, 1.82) is 0 Å². The van der Waals surface area contributed by atoms with Crippen molar-refractivity contribution < 1.29 is 22.4 Å². The first-order chi connectivity index (χ1) is 12.4. The Morgan fingerprint density at radius 1 is 1.30 bits per heavy atom. The number of halogens is 3. The molecule has 0 aliphatic carbocycles. The molecule has 0 amide bonds. The molecule has 11 heteroatoms. The molecular weight excluding hydrogens is 497 g/mol. The Bertz CT molecular complexity index is 928. The van der Waals surface area contributed by atoms with Crippen molar-refractivity contribution in [3.05, 3.63) is 28.2 Å². The molecule has 6 nitrogen and oxygen atoms in total. The maximum atomic E-state index is 12.3. The number of sulfonamides is 1. The maximum absolute atomic E-state index is 12.3. The van der Waals surface area contributed by atoms with Gasteiger partial charge in [0.25, 0.3) is 5.88 Å². The van der Waals surface area contributed by atoms with Crippen LogP contribution in [0.25, 0.3) is 11.3 Å². The summed E-state index contributed by atoms with van der Waals surface area (Å²) in [6.45, 7) is 5.69. The van der Waals surface area contributed by atoms with Crippen molar-refractivity contribution in [3.8, 4) is 22.8 Å². The lowest BCUT2D eigenvalue weighted by molar-refractivity contribution is 0.440. The fourth-order valence-corrected chi connectivity index (χ4v) is 5.04. The number of rotatable bonds is 8. The first-order valence-electron chi connectivity index (χ1n) is 8.00. The fourth-order valence-electron chi connectivity index (χ4n) is 2.17. The molecule has 0 unspecified atom stereocenters. The van der Waals surface area contributed by atoms with Gasteiger partial charge in [-0.1, -0.05) is 39.1 Å². The topological polar surface area (TPSA) is 88.8 Å². The summed E-state index contributed by atoms with van der Waals surface area (Å²) in [4.78, 5) is 0. The quantitative estimate of drug-likeness (QED) is 0.347. The monoisotopic (exact) mass is 515 g/mol. The van der Waals surface area contributed by atoms with E-state index in [0.29, 0.717) is 22.3 Å². The third-order valence-corrected chi connectivity index (χ3v) is 6.48. The highest BCUT2D eigenvalue weighted by atomic mass is 79.9. The van der Waals surface area contributed by atoms with Crippen LogP contribution in [0.4, 0.5) is 5.88 Å². The predicted molar refractivity (Wildman–Crippen MR) is 116 cm³/mol. The van der Waals surface area contributed by atoms with Crippen molar-refractivity contribution in [2.45, 2.75) is 26.1 Å². The Labute approximate surface area is 178 Å². The van der Waals surface area contributed by atoms with Gasteiger partial charge in [0.15, 0.2) is 5.76 Å². The minimum Gasteiger partial charge on any atom is -0.538 e. The van der Waals surface area contributed by atoms with Crippen molar-refractivity contribution in [1.82, 2.24) is 0 Å².